The summed E-state index contributed by atoms with van der Waals surface area (Å²) in [6.45, 7) is 4.77. The van der Waals surface area contributed by atoms with Gasteiger partial charge in [0.2, 0.25) is 0 Å². The largest absolute Gasteiger partial charge is 0.490 e. The van der Waals surface area contributed by atoms with Gasteiger partial charge in [0, 0.05) is 0 Å². The number of imide groups is 1. The molecule has 1 saturated heterocycles. The first-order chi connectivity index (χ1) is 16.8. The zero-order chi connectivity index (χ0) is 24.9. The van der Waals surface area contributed by atoms with Crippen LogP contribution in [0.3, 0.4) is 0 Å². The molecule has 0 radical (unpaired) electrons. The Morgan fingerprint density at radius 1 is 1.03 bits per heavy atom. The quantitative estimate of drug-likeness (QED) is 0.206. The number of halogens is 2. The Labute approximate surface area is 221 Å². The molecule has 4 rings (SSSR count). The summed E-state index contributed by atoms with van der Waals surface area (Å²) >= 11 is 3.09. The van der Waals surface area contributed by atoms with Crippen LogP contribution in [0.4, 0.5) is 9.18 Å². The van der Waals surface area contributed by atoms with Crippen molar-refractivity contribution in [3.8, 4) is 11.5 Å². The van der Waals surface area contributed by atoms with Gasteiger partial charge in [-0.3, -0.25) is 14.5 Å². The minimum Gasteiger partial charge on any atom is -0.490 e. The average Bonchev–Trinajstić information content (AvgIpc) is 3.07. The number of ether oxygens (including phenoxy) is 2. The van der Waals surface area contributed by atoms with E-state index in [-0.39, 0.29) is 30.1 Å². The highest BCUT2D eigenvalue weighted by Crippen LogP contribution is 2.38. The van der Waals surface area contributed by atoms with Gasteiger partial charge >= 0.3 is 0 Å². The first kappa shape index (κ1) is 25.2. The van der Waals surface area contributed by atoms with Crippen LogP contribution in [-0.4, -0.2) is 22.7 Å². The zero-order valence-corrected chi connectivity index (χ0v) is 22.2. The molecule has 1 heterocycles. The van der Waals surface area contributed by atoms with Crippen LogP contribution in [0.15, 0.2) is 65.6 Å². The molecule has 3 aromatic rings. The van der Waals surface area contributed by atoms with Gasteiger partial charge in [0.25, 0.3) is 11.1 Å². The topological polar surface area (TPSA) is 55.8 Å². The van der Waals surface area contributed by atoms with Crippen molar-refractivity contribution in [2.75, 3.05) is 6.61 Å². The summed E-state index contributed by atoms with van der Waals surface area (Å²) in [6, 6.07) is 17.5. The van der Waals surface area contributed by atoms with Gasteiger partial charge in [-0.25, -0.2) is 4.39 Å². The van der Waals surface area contributed by atoms with E-state index in [9.17, 15) is 14.0 Å². The van der Waals surface area contributed by atoms with Crippen LogP contribution in [0.1, 0.15) is 29.2 Å². The molecular weight excluding hydrogens is 580 g/mol. The smallest absolute Gasteiger partial charge is 0.293 e. The fraction of sp³-hybridized carbons (Fsp3) is 0.185. The molecule has 0 N–H and O–H groups in total. The first-order valence-corrected chi connectivity index (χ1v) is 12.9. The molecule has 0 aromatic heterocycles. The zero-order valence-electron chi connectivity index (χ0n) is 19.2. The van der Waals surface area contributed by atoms with Crippen molar-refractivity contribution in [2.24, 2.45) is 0 Å². The molecule has 1 aliphatic rings. The van der Waals surface area contributed by atoms with Crippen molar-refractivity contribution < 1.29 is 23.5 Å². The van der Waals surface area contributed by atoms with E-state index < -0.39 is 0 Å². The number of benzene rings is 3. The molecule has 0 spiro atoms. The van der Waals surface area contributed by atoms with Crippen molar-refractivity contribution in [2.45, 2.75) is 27.0 Å². The molecule has 1 aliphatic heterocycles. The van der Waals surface area contributed by atoms with Gasteiger partial charge in [-0.15, -0.1) is 0 Å². The molecule has 0 saturated carbocycles. The lowest BCUT2D eigenvalue weighted by molar-refractivity contribution is -0.123. The molecule has 180 valence electrons. The van der Waals surface area contributed by atoms with Crippen molar-refractivity contribution >= 4 is 51.6 Å². The molecule has 0 atom stereocenters. The van der Waals surface area contributed by atoms with Gasteiger partial charge < -0.3 is 9.47 Å². The lowest BCUT2D eigenvalue weighted by Crippen LogP contribution is -2.27. The third kappa shape index (κ3) is 6.24. The SMILES string of the molecule is CCOc1cc(/C=C2\SC(=O)N(Cc3cccc(C)c3)C2=O)cc(I)c1OCc1ccc(F)cc1. The molecule has 5 nitrogen and oxygen atoms in total. The minimum atomic E-state index is -0.314. The Hall–Kier alpha value is -2.85. The van der Waals surface area contributed by atoms with Crippen LogP contribution in [0.2, 0.25) is 0 Å². The van der Waals surface area contributed by atoms with Crippen molar-refractivity contribution in [3.63, 3.8) is 0 Å². The van der Waals surface area contributed by atoms with E-state index in [1.165, 1.54) is 17.0 Å². The van der Waals surface area contributed by atoms with Crippen LogP contribution in [0.5, 0.6) is 11.5 Å². The number of carbonyl (C=O) groups excluding carboxylic acids is 2. The fourth-order valence-electron chi connectivity index (χ4n) is 3.59. The van der Waals surface area contributed by atoms with Gasteiger partial charge in [-0.05, 0) is 95.2 Å². The lowest BCUT2D eigenvalue weighted by Gasteiger charge is -2.15. The number of rotatable bonds is 8. The maximum absolute atomic E-state index is 13.2. The van der Waals surface area contributed by atoms with Gasteiger partial charge in [0.15, 0.2) is 11.5 Å². The van der Waals surface area contributed by atoms with Crippen molar-refractivity contribution in [1.29, 1.82) is 0 Å². The second kappa shape index (κ2) is 11.3. The number of nitrogens with zero attached hydrogens (tertiary/aromatic N) is 1. The average molecular weight is 603 g/mol. The number of carbonyl (C=O) groups is 2. The van der Waals surface area contributed by atoms with Crippen LogP contribution in [0, 0.1) is 16.3 Å². The summed E-state index contributed by atoms with van der Waals surface area (Å²) in [5, 5.41) is -0.290. The molecule has 3 aromatic carbocycles. The Morgan fingerprint density at radius 2 is 1.80 bits per heavy atom. The predicted octanol–water partition coefficient (Wildman–Crippen LogP) is 6.95. The number of hydrogen-bond donors (Lipinski definition) is 0. The summed E-state index contributed by atoms with van der Waals surface area (Å²) in [6.07, 6.45) is 1.70. The third-order valence-corrected chi connectivity index (χ3v) is 6.93. The summed E-state index contributed by atoms with van der Waals surface area (Å²) in [5.41, 5.74) is 3.54. The van der Waals surface area contributed by atoms with E-state index >= 15 is 0 Å². The number of aryl methyl sites for hydroxylation is 1. The highest BCUT2D eigenvalue weighted by Gasteiger charge is 2.35. The lowest BCUT2D eigenvalue weighted by atomic mass is 10.1. The second-order valence-electron chi connectivity index (χ2n) is 7.94. The minimum absolute atomic E-state index is 0.238. The third-order valence-electron chi connectivity index (χ3n) is 5.22. The van der Waals surface area contributed by atoms with Gasteiger partial charge in [0.05, 0.1) is 21.6 Å². The monoisotopic (exact) mass is 603 g/mol. The normalized spacial score (nSPS) is 14.6. The summed E-state index contributed by atoms with van der Waals surface area (Å²) in [7, 11) is 0. The van der Waals surface area contributed by atoms with E-state index in [0.29, 0.717) is 23.0 Å². The van der Waals surface area contributed by atoms with Crippen LogP contribution in [0.25, 0.3) is 6.08 Å². The van der Waals surface area contributed by atoms with Gasteiger partial charge in [0.1, 0.15) is 12.4 Å². The maximum Gasteiger partial charge on any atom is 0.293 e. The van der Waals surface area contributed by atoms with E-state index in [1.54, 1.807) is 24.3 Å². The fourth-order valence-corrected chi connectivity index (χ4v) is 5.21. The standard InChI is InChI=1S/C27H23FINO4S/c1-3-33-23-13-20(12-22(29)25(23)34-16-18-7-9-21(28)10-8-18)14-24-26(31)30(27(32)35-24)15-19-6-4-5-17(2)11-19/h4-14H,3,15-16H2,1-2H3/b24-14-. The Kier molecular flexibility index (Phi) is 8.12. The Bertz CT molecular complexity index is 1290. The van der Waals surface area contributed by atoms with Gasteiger partial charge in [-0.1, -0.05) is 42.0 Å². The van der Waals surface area contributed by atoms with Crippen molar-refractivity contribution in [1.82, 2.24) is 4.90 Å². The highest BCUT2D eigenvalue weighted by atomic mass is 127. The van der Waals surface area contributed by atoms with E-state index in [2.05, 4.69) is 22.6 Å². The predicted molar refractivity (Wildman–Crippen MR) is 144 cm³/mol. The molecule has 8 heteroatoms. The van der Waals surface area contributed by atoms with Crippen LogP contribution in [-0.2, 0) is 17.9 Å². The number of thioether (sulfide) groups is 1. The highest BCUT2D eigenvalue weighted by molar-refractivity contribution is 14.1. The molecule has 1 fully saturated rings. The molecule has 0 bridgehead atoms. The van der Waals surface area contributed by atoms with Crippen molar-refractivity contribution in [3.05, 3.63) is 97.2 Å². The van der Waals surface area contributed by atoms with Crippen LogP contribution < -0.4 is 9.47 Å². The first-order valence-electron chi connectivity index (χ1n) is 11.0. The molecule has 0 aliphatic carbocycles. The molecule has 2 amide bonds. The molecular formula is C27H23FINO4S. The molecule has 35 heavy (non-hydrogen) atoms. The Balaban J connectivity index is 1.55. The van der Waals surface area contributed by atoms with E-state index in [1.807, 2.05) is 44.2 Å². The maximum atomic E-state index is 13.2. The Morgan fingerprint density at radius 3 is 2.51 bits per heavy atom. The number of hydrogen-bond acceptors (Lipinski definition) is 5. The molecule has 0 unspecified atom stereocenters. The van der Waals surface area contributed by atoms with Crippen LogP contribution >= 0.6 is 34.4 Å². The summed E-state index contributed by atoms with van der Waals surface area (Å²) in [5.74, 6) is 0.491. The van der Waals surface area contributed by atoms with Gasteiger partial charge in [-0.2, -0.15) is 0 Å². The summed E-state index contributed by atoms with van der Waals surface area (Å²) < 4.78 is 25.8. The number of amides is 2. The summed E-state index contributed by atoms with van der Waals surface area (Å²) in [4.78, 5) is 27.2. The van der Waals surface area contributed by atoms with E-state index in [4.69, 9.17) is 9.47 Å². The van der Waals surface area contributed by atoms with E-state index in [0.717, 1.165) is 37.6 Å². The second-order valence-corrected chi connectivity index (χ2v) is 10.1.